The van der Waals surface area contributed by atoms with Crippen molar-refractivity contribution in [2.24, 2.45) is 11.7 Å². The second-order valence-electron chi connectivity index (χ2n) is 4.70. The third kappa shape index (κ3) is 3.43. The lowest BCUT2D eigenvalue weighted by molar-refractivity contribution is 0.250. The molecule has 1 aliphatic heterocycles. The molecule has 1 unspecified atom stereocenters. The Labute approximate surface area is 106 Å². The van der Waals surface area contributed by atoms with Gasteiger partial charge in [0.05, 0.1) is 13.1 Å². The van der Waals surface area contributed by atoms with Gasteiger partial charge in [0, 0.05) is 24.1 Å². The fourth-order valence-corrected chi connectivity index (χ4v) is 3.28. The van der Waals surface area contributed by atoms with Crippen LogP contribution in [0.3, 0.4) is 0 Å². The molecule has 0 bridgehead atoms. The number of rotatable bonds is 4. The van der Waals surface area contributed by atoms with E-state index in [9.17, 15) is 0 Å². The van der Waals surface area contributed by atoms with Crippen molar-refractivity contribution in [3.05, 3.63) is 11.7 Å². The van der Waals surface area contributed by atoms with E-state index in [0.29, 0.717) is 23.6 Å². The molecule has 0 spiro atoms. The third-order valence-corrected chi connectivity index (χ3v) is 4.51. The first-order valence-electron chi connectivity index (χ1n) is 6.04. The maximum absolute atomic E-state index is 5.44. The van der Waals surface area contributed by atoms with Gasteiger partial charge < -0.3 is 10.3 Å². The predicted octanol–water partition coefficient (Wildman–Crippen LogP) is 1.10. The van der Waals surface area contributed by atoms with Crippen molar-refractivity contribution in [3.8, 4) is 0 Å². The van der Waals surface area contributed by atoms with E-state index in [2.05, 4.69) is 40.6 Å². The van der Waals surface area contributed by atoms with Crippen LogP contribution in [0.15, 0.2) is 4.52 Å². The van der Waals surface area contributed by atoms with Crippen LogP contribution in [-0.4, -0.2) is 39.1 Å². The summed E-state index contributed by atoms with van der Waals surface area (Å²) in [6.45, 7) is 7.85. The highest BCUT2D eigenvalue weighted by Gasteiger charge is 2.23. The molecule has 5 nitrogen and oxygen atoms in total. The fourth-order valence-electron chi connectivity index (χ4n) is 1.92. The minimum absolute atomic E-state index is 0.317. The minimum atomic E-state index is 0.317. The number of hydrogen-bond donors (Lipinski definition) is 1. The van der Waals surface area contributed by atoms with E-state index < -0.39 is 0 Å². The lowest BCUT2D eigenvalue weighted by Crippen LogP contribution is -2.39. The summed E-state index contributed by atoms with van der Waals surface area (Å²) < 4.78 is 5.01. The molecule has 17 heavy (non-hydrogen) atoms. The van der Waals surface area contributed by atoms with Crippen molar-refractivity contribution in [2.45, 2.75) is 32.2 Å². The summed E-state index contributed by atoms with van der Waals surface area (Å²) in [7, 11) is 0. The van der Waals surface area contributed by atoms with Crippen LogP contribution in [0.1, 0.15) is 25.6 Å². The van der Waals surface area contributed by atoms with Gasteiger partial charge >= 0.3 is 0 Å². The van der Waals surface area contributed by atoms with E-state index in [-0.39, 0.29) is 0 Å². The number of hydrogen-bond acceptors (Lipinski definition) is 6. The minimum Gasteiger partial charge on any atom is -0.338 e. The van der Waals surface area contributed by atoms with Crippen LogP contribution in [0.4, 0.5) is 0 Å². The van der Waals surface area contributed by atoms with Crippen LogP contribution in [0, 0.1) is 5.92 Å². The normalized spacial score (nSPS) is 22.2. The van der Waals surface area contributed by atoms with Gasteiger partial charge in [0.2, 0.25) is 5.89 Å². The molecule has 0 aliphatic carbocycles. The summed E-state index contributed by atoms with van der Waals surface area (Å²) in [6.07, 6.45) is 0. The Bertz CT molecular complexity index is 355. The fraction of sp³-hybridized carbons (Fsp3) is 0.818. The van der Waals surface area contributed by atoms with Gasteiger partial charge in [-0.25, -0.2) is 0 Å². The molecule has 1 fully saturated rings. The number of nitrogens with two attached hydrogens (primary N) is 1. The second kappa shape index (κ2) is 5.84. The number of nitrogens with zero attached hydrogens (tertiary/aromatic N) is 3. The molecule has 1 saturated heterocycles. The van der Waals surface area contributed by atoms with E-state index in [1.807, 2.05) is 0 Å². The Kier molecular flexibility index (Phi) is 4.42. The lowest BCUT2D eigenvalue weighted by Gasteiger charge is -2.33. The maximum atomic E-state index is 5.44. The number of aromatic nitrogens is 2. The van der Waals surface area contributed by atoms with E-state index in [0.717, 1.165) is 25.5 Å². The summed E-state index contributed by atoms with van der Waals surface area (Å²) >= 11 is 2.07. The Hall–Kier alpha value is -0.590. The SMILES string of the molecule is CC(C)C1CN(Cc2noc(CN)n2)CCS1. The quantitative estimate of drug-likeness (QED) is 0.870. The van der Waals surface area contributed by atoms with Crippen molar-refractivity contribution < 1.29 is 4.52 Å². The largest absolute Gasteiger partial charge is 0.338 e. The average Bonchev–Trinajstić information content (AvgIpc) is 2.77. The molecule has 1 aliphatic rings. The molecular weight excluding hydrogens is 236 g/mol. The smallest absolute Gasteiger partial charge is 0.240 e. The standard InChI is InChI=1S/C11H20N4OS/c1-8(2)9-6-15(3-4-17-9)7-10-13-11(5-12)16-14-10/h8-9H,3-7,12H2,1-2H3. The predicted molar refractivity (Wildman–Crippen MR) is 68.6 cm³/mol. The van der Waals surface area contributed by atoms with Crippen LogP contribution in [0.5, 0.6) is 0 Å². The second-order valence-corrected chi connectivity index (χ2v) is 6.04. The Morgan fingerprint density at radius 3 is 3.06 bits per heavy atom. The molecule has 0 aromatic carbocycles. The van der Waals surface area contributed by atoms with Gasteiger partial charge in [0.1, 0.15) is 0 Å². The van der Waals surface area contributed by atoms with Crippen LogP contribution in [0.2, 0.25) is 0 Å². The topological polar surface area (TPSA) is 68.2 Å². The lowest BCUT2D eigenvalue weighted by atomic mass is 10.1. The summed E-state index contributed by atoms with van der Waals surface area (Å²) in [5.74, 6) is 3.17. The molecular formula is C11H20N4OS. The average molecular weight is 256 g/mol. The van der Waals surface area contributed by atoms with Gasteiger partial charge in [-0.1, -0.05) is 19.0 Å². The highest BCUT2D eigenvalue weighted by atomic mass is 32.2. The first-order chi connectivity index (χ1) is 8.19. The molecule has 0 amide bonds. The zero-order chi connectivity index (χ0) is 12.3. The monoisotopic (exact) mass is 256 g/mol. The van der Waals surface area contributed by atoms with E-state index in [1.54, 1.807) is 0 Å². The molecule has 2 N–H and O–H groups in total. The van der Waals surface area contributed by atoms with Crippen molar-refractivity contribution in [3.63, 3.8) is 0 Å². The Balaban J connectivity index is 1.90. The molecule has 2 heterocycles. The molecule has 1 atom stereocenters. The zero-order valence-electron chi connectivity index (χ0n) is 10.4. The van der Waals surface area contributed by atoms with Crippen molar-refractivity contribution in [1.82, 2.24) is 15.0 Å². The highest BCUT2D eigenvalue weighted by molar-refractivity contribution is 8.00. The van der Waals surface area contributed by atoms with Crippen molar-refractivity contribution in [2.75, 3.05) is 18.8 Å². The molecule has 0 saturated carbocycles. The van der Waals surface area contributed by atoms with Gasteiger partial charge in [-0.05, 0) is 5.92 Å². The molecule has 6 heteroatoms. The third-order valence-electron chi connectivity index (χ3n) is 2.97. The summed E-state index contributed by atoms with van der Waals surface area (Å²) in [6, 6.07) is 0. The van der Waals surface area contributed by atoms with Crippen LogP contribution >= 0.6 is 11.8 Å². The Morgan fingerprint density at radius 1 is 1.59 bits per heavy atom. The first kappa shape index (κ1) is 12.9. The summed E-state index contributed by atoms with van der Waals surface area (Å²) in [5, 5.41) is 4.65. The zero-order valence-corrected chi connectivity index (χ0v) is 11.2. The van der Waals surface area contributed by atoms with Crippen LogP contribution < -0.4 is 5.73 Å². The maximum Gasteiger partial charge on any atom is 0.240 e. The van der Waals surface area contributed by atoms with Crippen molar-refractivity contribution >= 4 is 11.8 Å². The van der Waals surface area contributed by atoms with E-state index >= 15 is 0 Å². The van der Waals surface area contributed by atoms with E-state index in [4.69, 9.17) is 10.3 Å². The summed E-state index contributed by atoms with van der Waals surface area (Å²) in [5.41, 5.74) is 5.44. The number of thioether (sulfide) groups is 1. The first-order valence-corrected chi connectivity index (χ1v) is 7.09. The Morgan fingerprint density at radius 2 is 2.41 bits per heavy atom. The van der Waals surface area contributed by atoms with Gasteiger partial charge in [0.25, 0.3) is 0 Å². The van der Waals surface area contributed by atoms with E-state index in [1.165, 1.54) is 5.75 Å². The van der Waals surface area contributed by atoms with Gasteiger partial charge in [0.15, 0.2) is 5.82 Å². The molecule has 0 radical (unpaired) electrons. The van der Waals surface area contributed by atoms with Gasteiger partial charge in [-0.15, -0.1) is 0 Å². The van der Waals surface area contributed by atoms with Crippen molar-refractivity contribution in [1.29, 1.82) is 0 Å². The molecule has 96 valence electrons. The highest BCUT2D eigenvalue weighted by Crippen LogP contribution is 2.25. The molecule has 2 rings (SSSR count). The van der Waals surface area contributed by atoms with Gasteiger partial charge in [-0.2, -0.15) is 16.7 Å². The molecule has 1 aromatic rings. The van der Waals surface area contributed by atoms with Crippen LogP contribution in [-0.2, 0) is 13.1 Å². The molecule has 1 aromatic heterocycles. The summed E-state index contributed by atoms with van der Waals surface area (Å²) in [4.78, 5) is 6.64. The van der Waals surface area contributed by atoms with Crippen LogP contribution in [0.25, 0.3) is 0 Å². The van der Waals surface area contributed by atoms with Gasteiger partial charge in [-0.3, -0.25) is 4.90 Å².